The maximum absolute atomic E-state index is 13.7. The summed E-state index contributed by atoms with van der Waals surface area (Å²) < 4.78 is 19.2. The Labute approximate surface area is 136 Å². The van der Waals surface area contributed by atoms with Crippen molar-refractivity contribution in [3.63, 3.8) is 0 Å². The number of fused-ring (bicyclic) bond motifs is 1. The molecule has 0 aromatic heterocycles. The van der Waals surface area contributed by atoms with E-state index in [1.54, 1.807) is 6.07 Å². The highest BCUT2D eigenvalue weighted by atomic mass is 19.1. The van der Waals surface area contributed by atoms with Crippen LogP contribution in [0.1, 0.15) is 50.8 Å². The average molecular weight is 320 g/mol. The number of rotatable bonds is 1. The van der Waals surface area contributed by atoms with Crippen molar-refractivity contribution in [1.29, 1.82) is 0 Å². The summed E-state index contributed by atoms with van der Waals surface area (Å²) in [7, 11) is 0. The second-order valence-electron chi connectivity index (χ2n) is 7.71. The highest BCUT2D eigenvalue weighted by molar-refractivity contribution is 5.69. The third kappa shape index (κ3) is 3.34. The lowest BCUT2D eigenvalue weighted by molar-refractivity contribution is 0.0421. The quantitative estimate of drug-likeness (QED) is 0.834. The van der Waals surface area contributed by atoms with E-state index < -0.39 is 11.7 Å². The van der Waals surface area contributed by atoms with Crippen LogP contribution >= 0.6 is 0 Å². The first-order chi connectivity index (χ1) is 10.8. The van der Waals surface area contributed by atoms with Gasteiger partial charge in [0.05, 0.1) is 6.04 Å². The standard InChI is InChI=1S/C18H25FN2O2/c1-17(2,3)23-16(22)21-15-14-10-13(19)5-4-12(14)11-18(15)6-8-20-9-7-18/h4-5,10,15,20H,6-9,11H2,1-3H3,(H,21,22)/t15-/m1/s1. The summed E-state index contributed by atoms with van der Waals surface area (Å²) >= 11 is 0. The van der Waals surface area contributed by atoms with Gasteiger partial charge in [-0.1, -0.05) is 6.07 Å². The molecule has 2 aliphatic rings. The maximum atomic E-state index is 13.7. The Bertz CT molecular complexity index is 604. The minimum atomic E-state index is -0.547. The predicted octanol–water partition coefficient (Wildman–Crippen LogP) is 3.32. The number of piperidine rings is 1. The van der Waals surface area contributed by atoms with Crippen molar-refractivity contribution in [1.82, 2.24) is 10.6 Å². The molecule has 1 atom stereocenters. The van der Waals surface area contributed by atoms with Gasteiger partial charge in [0.25, 0.3) is 0 Å². The number of hydrogen-bond donors (Lipinski definition) is 2. The molecule has 1 fully saturated rings. The lowest BCUT2D eigenvalue weighted by atomic mass is 9.73. The lowest BCUT2D eigenvalue weighted by Crippen LogP contribution is -2.46. The zero-order valence-electron chi connectivity index (χ0n) is 14.0. The Morgan fingerprint density at radius 3 is 2.70 bits per heavy atom. The monoisotopic (exact) mass is 320 g/mol. The van der Waals surface area contributed by atoms with Gasteiger partial charge in [-0.25, -0.2) is 9.18 Å². The van der Waals surface area contributed by atoms with E-state index in [1.807, 2.05) is 26.8 Å². The van der Waals surface area contributed by atoms with Gasteiger partial charge >= 0.3 is 6.09 Å². The molecule has 0 bridgehead atoms. The Balaban J connectivity index is 1.89. The minimum Gasteiger partial charge on any atom is -0.444 e. The molecule has 0 radical (unpaired) electrons. The number of hydrogen-bond acceptors (Lipinski definition) is 3. The summed E-state index contributed by atoms with van der Waals surface area (Å²) in [6.45, 7) is 7.37. The molecule has 1 aromatic carbocycles. The van der Waals surface area contributed by atoms with Crippen LogP contribution in [0.3, 0.4) is 0 Å². The van der Waals surface area contributed by atoms with E-state index in [4.69, 9.17) is 4.74 Å². The number of carbonyl (C=O) groups is 1. The Kier molecular flexibility index (Phi) is 4.08. The van der Waals surface area contributed by atoms with Crippen LogP contribution < -0.4 is 10.6 Å². The van der Waals surface area contributed by atoms with E-state index in [-0.39, 0.29) is 17.3 Å². The van der Waals surface area contributed by atoms with Crippen molar-refractivity contribution in [3.8, 4) is 0 Å². The van der Waals surface area contributed by atoms with Crippen molar-refractivity contribution >= 4 is 6.09 Å². The summed E-state index contributed by atoms with van der Waals surface area (Å²) in [6.07, 6.45) is 2.37. The highest BCUT2D eigenvalue weighted by Crippen LogP contribution is 2.51. The second-order valence-corrected chi connectivity index (χ2v) is 7.71. The fourth-order valence-electron chi connectivity index (χ4n) is 3.85. The number of amides is 1. The Morgan fingerprint density at radius 1 is 1.35 bits per heavy atom. The number of halogens is 1. The molecule has 0 unspecified atom stereocenters. The van der Waals surface area contributed by atoms with Crippen molar-refractivity contribution in [2.24, 2.45) is 5.41 Å². The van der Waals surface area contributed by atoms with Gasteiger partial charge < -0.3 is 15.4 Å². The normalized spacial score (nSPS) is 22.7. The molecule has 1 amide bonds. The first-order valence-corrected chi connectivity index (χ1v) is 8.28. The first kappa shape index (κ1) is 16.2. The van der Waals surface area contributed by atoms with Crippen LogP contribution in [0.2, 0.25) is 0 Å². The summed E-state index contributed by atoms with van der Waals surface area (Å²) in [5.41, 5.74) is 1.44. The third-order valence-electron chi connectivity index (χ3n) is 4.83. The van der Waals surface area contributed by atoms with E-state index in [1.165, 1.54) is 6.07 Å². The molecule has 3 rings (SSSR count). The summed E-state index contributed by atoms with van der Waals surface area (Å²) in [6, 6.07) is 4.73. The lowest BCUT2D eigenvalue weighted by Gasteiger charge is -2.40. The zero-order valence-corrected chi connectivity index (χ0v) is 14.0. The molecule has 1 saturated heterocycles. The molecule has 1 aromatic rings. The molecule has 4 nitrogen and oxygen atoms in total. The molecule has 23 heavy (non-hydrogen) atoms. The van der Waals surface area contributed by atoms with Gasteiger partial charge in [-0.05, 0) is 76.4 Å². The average Bonchev–Trinajstić information content (AvgIpc) is 2.71. The molecule has 1 spiro atoms. The molecular weight excluding hydrogens is 295 g/mol. The molecule has 5 heteroatoms. The number of alkyl carbamates (subject to hydrolysis) is 1. The third-order valence-corrected chi connectivity index (χ3v) is 4.83. The van der Waals surface area contributed by atoms with Crippen molar-refractivity contribution in [3.05, 3.63) is 35.1 Å². The van der Waals surface area contributed by atoms with E-state index in [2.05, 4.69) is 10.6 Å². The van der Waals surface area contributed by atoms with Gasteiger partial charge in [0.15, 0.2) is 0 Å². The zero-order chi connectivity index (χ0) is 16.7. The SMILES string of the molecule is CC(C)(C)OC(=O)N[C@@H]1c2cc(F)ccc2CC12CCNCC2. The molecule has 0 saturated carbocycles. The van der Waals surface area contributed by atoms with Crippen molar-refractivity contribution in [2.45, 2.75) is 51.7 Å². The summed E-state index contributed by atoms with van der Waals surface area (Å²) in [5, 5.41) is 6.39. The molecular formula is C18H25FN2O2. The Hall–Kier alpha value is -1.62. The van der Waals surface area contributed by atoms with Crippen LogP contribution in [0.4, 0.5) is 9.18 Å². The fourth-order valence-corrected chi connectivity index (χ4v) is 3.85. The summed E-state index contributed by atoms with van der Waals surface area (Å²) in [5.74, 6) is -0.259. The predicted molar refractivity (Wildman–Crippen MR) is 86.8 cm³/mol. The van der Waals surface area contributed by atoms with Crippen LogP contribution in [0.5, 0.6) is 0 Å². The highest BCUT2D eigenvalue weighted by Gasteiger charge is 2.47. The molecule has 1 aliphatic heterocycles. The van der Waals surface area contributed by atoms with Gasteiger partial charge in [0.1, 0.15) is 11.4 Å². The summed E-state index contributed by atoms with van der Waals surface area (Å²) in [4.78, 5) is 12.3. The van der Waals surface area contributed by atoms with Gasteiger partial charge in [-0.3, -0.25) is 0 Å². The number of benzene rings is 1. The van der Waals surface area contributed by atoms with Crippen LogP contribution in [0.25, 0.3) is 0 Å². The number of nitrogens with one attached hydrogen (secondary N) is 2. The van der Waals surface area contributed by atoms with Crippen LogP contribution in [-0.2, 0) is 11.2 Å². The van der Waals surface area contributed by atoms with Crippen LogP contribution in [0.15, 0.2) is 18.2 Å². The number of carbonyl (C=O) groups excluding carboxylic acids is 1. The van der Waals surface area contributed by atoms with Gasteiger partial charge in [-0.15, -0.1) is 0 Å². The van der Waals surface area contributed by atoms with Gasteiger partial charge in [-0.2, -0.15) is 0 Å². The topological polar surface area (TPSA) is 50.4 Å². The fraction of sp³-hybridized carbons (Fsp3) is 0.611. The Morgan fingerprint density at radius 2 is 2.04 bits per heavy atom. The van der Waals surface area contributed by atoms with Crippen molar-refractivity contribution < 1.29 is 13.9 Å². The molecule has 126 valence electrons. The van der Waals surface area contributed by atoms with E-state index in [0.717, 1.165) is 43.5 Å². The van der Waals surface area contributed by atoms with Crippen LogP contribution in [0, 0.1) is 11.2 Å². The molecule has 1 aliphatic carbocycles. The van der Waals surface area contributed by atoms with Crippen LogP contribution in [-0.4, -0.2) is 24.8 Å². The number of ether oxygens (including phenoxy) is 1. The van der Waals surface area contributed by atoms with E-state index in [9.17, 15) is 9.18 Å². The van der Waals surface area contributed by atoms with E-state index >= 15 is 0 Å². The maximum Gasteiger partial charge on any atom is 0.408 e. The van der Waals surface area contributed by atoms with Gasteiger partial charge in [0.2, 0.25) is 0 Å². The first-order valence-electron chi connectivity index (χ1n) is 8.28. The minimum absolute atomic E-state index is 0.0434. The van der Waals surface area contributed by atoms with Gasteiger partial charge in [0, 0.05) is 5.41 Å². The molecule has 1 heterocycles. The largest absolute Gasteiger partial charge is 0.444 e. The molecule has 2 N–H and O–H groups in total. The van der Waals surface area contributed by atoms with E-state index in [0.29, 0.717) is 0 Å². The smallest absolute Gasteiger partial charge is 0.408 e. The van der Waals surface area contributed by atoms with Crippen molar-refractivity contribution in [2.75, 3.05) is 13.1 Å². The second kappa shape index (κ2) is 5.78.